The van der Waals surface area contributed by atoms with Crippen molar-refractivity contribution in [2.45, 2.75) is 51.1 Å². The molecule has 0 aliphatic rings. The molecule has 1 atom stereocenters. The van der Waals surface area contributed by atoms with Crippen LogP contribution in [0.25, 0.3) is 0 Å². The van der Waals surface area contributed by atoms with Gasteiger partial charge < -0.3 is 16.0 Å². The van der Waals surface area contributed by atoms with Crippen molar-refractivity contribution in [3.05, 3.63) is 30.3 Å². The lowest BCUT2D eigenvalue weighted by molar-refractivity contribution is 0.454. The van der Waals surface area contributed by atoms with Gasteiger partial charge in [-0.05, 0) is 37.6 Å². The molecule has 0 saturated heterocycles. The first-order valence-electron chi connectivity index (χ1n) is 8.93. The van der Waals surface area contributed by atoms with E-state index in [2.05, 4.69) is 74.0 Å². The molecule has 0 fully saturated rings. The first-order valence-corrected chi connectivity index (χ1v) is 9.91. The molecule has 0 spiro atoms. The Balaban J connectivity index is 2.18. The SMILES string of the molecule is CC(C)CNCCNCCC(CSc1ccccc1)NC(C)C. The lowest BCUT2D eigenvalue weighted by Gasteiger charge is -2.21. The zero-order chi connectivity index (χ0) is 16.9. The Labute approximate surface area is 147 Å². The van der Waals surface area contributed by atoms with Gasteiger partial charge in [0.2, 0.25) is 0 Å². The topological polar surface area (TPSA) is 36.1 Å². The van der Waals surface area contributed by atoms with Crippen LogP contribution in [0.1, 0.15) is 34.1 Å². The predicted octanol–water partition coefficient (Wildman–Crippen LogP) is 3.37. The summed E-state index contributed by atoms with van der Waals surface area (Å²) in [6.07, 6.45) is 1.17. The molecule has 0 bridgehead atoms. The van der Waals surface area contributed by atoms with Gasteiger partial charge >= 0.3 is 0 Å². The van der Waals surface area contributed by atoms with Gasteiger partial charge in [0.1, 0.15) is 0 Å². The molecule has 23 heavy (non-hydrogen) atoms. The van der Waals surface area contributed by atoms with Gasteiger partial charge in [-0.2, -0.15) is 0 Å². The Morgan fingerprint density at radius 3 is 2.26 bits per heavy atom. The Kier molecular flexibility index (Phi) is 11.4. The lowest BCUT2D eigenvalue weighted by atomic mass is 10.2. The third kappa shape index (κ3) is 11.6. The maximum atomic E-state index is 3.69. The van der Waals surface area contributed by atoms with Gasteiger partial charge in [-0.15, -0.1) is 11.8 Å². The molecule has 132 valence electrons. The minimum Gasteiger partial charge on any atom is -0.315 e. The van der Waals surface area contributed by atoms with Crippen LogP contribution in [0.4, 0.5) is 0 Å². The van der Waals surface area contributed by atoms with E-state index in [9.17, 15) is 0 Å². The van der Waals surface area contributed by atoms with E-state index in [0.29, 0.717) is 12.1 Å². The zero-order valence-electron chi connectivity index (χ0n) is 15.3. The molecule has 1 unspecified atom stereocenters. The summed E-state index contributed by atoms with van der Waals surface area (Å²) in [6, 6.07) is 11.8. The fourth-order valence-corrected chi connectivity index (χ4v) is 3.37. The monoisotopic (exact) mass is 337 g/mol. The largest absolute Gasteiger partial charge is 0.315 e. The molecule has 0 saturated carbocycles. The van der Waals surface area contributed by atoms with E-state index in [4.69, 9.17) is 0 Å². The van der Waals surface area contributed by atoms with E-state index < -0.39 is 0 Å². The lowest BCUT2D eigenvalue weighted by Crippen LogP contribution is -2.39. The molecule has 4 heteroatoms. The molecule has 0 aliphatic heterocycles. The van der Waals surface area contributed by atoms with Gasteiger partial charge in [0.25, 0.3) is 0 Å². The summed E-state index contributed by atoms with van der Waals surface area (Å²) in [4.78, 5) is 1.36. The van der Waals surface area contributed by atoms with E-state index in [0.717, 1.165) is 37.8 Å². The van der Waals surface area contributed by atoms with Crippen molar-refractivity contribution >= 4 is 11.8 Å². The molecular formula is C19H35N3S. The summed E-state index contributed by atoms with van der Waals surface area (Å²) in [7, 11) is 0. The van der Waals surface area contributed by atoms with Crippen LogP contribution in [0.5, 0.6) is 0 Å². The van der Waals surface area contributed by atoms with Crippen molar-refractivity contribution in [2.75, 3.05) is 31.9 Å². The van der Waals surface area contributed by atoms with Crippen molar-refractivity contribution < 1.29 is 0 Å². The average molecular weight is 338 g/mol. The molecule has 0 aromatic heterocycles. The predicted molar refractivity (Wildman–Crippen MR) is 104 cm³/mol. The first-order chi connectivity index (χ1) is 11.1. The van der Waals surface area contributed by atoms with Crippen LogP contribution in [0.2, 0.25) is 0 Å². The summed E-state index contributed by atoms with van der Waals surface area (Å²) >= 11 is 1.94. The van der Waals surface area contributed by atoms with Gasteiger partial charge in [0.15, 0.2) is 0 Å². The van der Waals surface area contributed by atoms with Crippen molar-refractivity contribution in [3.63, 3.8) is 0 Å². The van der Waals surface area contributed by atoms with Gasteiger partial charge in [0.05, 0.1) is 0 Å². The number of nitrogens with one attached hydrogen (secondary N) is 3. The molecule has 3 nitrogen and oxygen atoms in total. The summed E-state index contributed by atoms with van der Waals surface area (Å²) < 4.78 is 0. The summed E-state index contributed by atoms with van der Waals surface area (Å²) in [5, 5.41) is 10.7. The van der Waals surface area contributed by atoms with Crippen molar-refractivity contribution in [1.29, 1.82) is 0 Å². The van der Waals surface area contributed by atoms with Crippen LogP contribution in [0, 0.1) is 5.92 Å². The molecule has 1 aromatic carbocycles. The van der Waals surface area contributed by atoms with Gasteiger partial charge in [-0.1, -0.05) is 45.9 Å². The quantitative estimate of drug-likeness (QED) is 0.381. The fraction of sp³-hybridized carbons (Fsp3) is 0.684. The van der Waals surface area contributed by atoms with E-state index in [1.807, 2.05) is 11.8 Å². The Morgan fingerprint density at radius 1 is 0.913 bits per heavy atom. The molecular weight excluding hydrogens is 302 g/mol. The fourth-order valence-electron chi connectivity index (χ4n) is 2.37. The van der Waals surface area contributed by atoms with E-state index in [1.165, 1.54) is 11.3 Å². The Morgan fingerprint density at radius 2 is 1.61 bits per heavy atom. The second kappa shape index (κ2) is 12.8. The third-order valence-corrected chi connectivity index (χ3v) is 4.64. The van der Waals surface area contributed by atoms with Crippen molar-refractivity contribution in [1.82, 2.24) is 16.0 Å². The third-order valence-electron chi connectivity index (χ3n) is 3.46. The van der Waals surface area contributed by atoms with E-state index in [-0.39, 0.29) is 0 Å². The number of hydrogen-bond acceptors (Lipinski definition) is 4. The normalized spacial score (nSPS) is 13.0. The first kappa shape index (κ1) is 20.5. The molecule has 0 radical (unpaired) electrons. The maximum Gasteiger partial charge on any atom is 0.0176 e. The molecule has 0 amide bonds. The van der Waals surface area contributed by atoms with E-state index in [1.54, 1.807) is 0 Å². The van der Waals surface area contributed by atoms with Crippen LogP contribution in [0.15, 0.2) is 35.2 Å². The number of hydrogen-bond donors (Lipinski definition) is 3. The van der Waals surface area contributed by atoms with Crippen LogP contribution < -0.4 is 16.0 Å². The van der Waals surface area contributed by atoms with Crippen LogP contribution in [-0.2, 0) is 0 Å². The van der Waals surface area contributed by atoms with Crippen LogP contribution >= 0.6 is 11.8 Å². The van der Waals surface area contributed by atoms with Crippen LogP contribution in [-0.4, -0.2) is 44.0 Å². The number of rotatable bonds is 13. The van der Waals surface area contributed by atoms with E-state index >= 15 is 0 Å². The summed E-state index contributed by atoms with van der Waals surface area (Å²) in [5.41, 5.74) is 0. The minimum absolute atomic E-state index is 0.532. The second-order valence-electron chi connectivity index (χ2n) is 6.78. The maximum absolute atomic E-state index is 3.69. The highest BCUT2D eigenvalue weighted by Crippen LogP contribution is 2.18. The zero-order valence-corrected chi connectivity index (χ0v) is 16.1. The second-order valence-corrected chi connectivity index (χ2v) is 7.87. The molecule has 0 heterocycles. The minimum atomic E-state index is 0.532. The van der Waals surface area contributed by atoms with Crippen molar-refractivity contribution in [2.24, 2.45) is 5.92 Å². The van der Waals surface area contributed by atoms with Gasteiger partial charge in [0, 0.05) is 35.8 Å². The standard InChI is InChI=1S/C19H35N3S/c1-16(2)14-21-13-12-20-11-10-18(22-17(3)4)15-23-19-8-6-5-7-9-19/h5-9,16-18,20-22H,10-15H2,1-4H3. The highest BCUT2D eigenvalue weighted by atomic mass is 32.2. The average Bonchev–Trinajstić information content (AvgIpc) is 2.51. The highest BCUT2D eigenvalue weighted by Gasteiger charge is 2.10. The molecule has 0 aliphatic carbocycles. The Bertz CT molecular complexity index is 381. The van der Waals surface area contributed by atoms with Gasteiger partial charge in [-0.25, -0.2) is 0 Å². The van der Waals surface area contributed by atoms with Crippen molar-refractivity contribution in [3.8, 4) is 0 Å². The Hall–Kier alpha value is -0.550. The number of thioether (sulfide) groups is 1. The molecule has 3 N–H and O–H groups in total. The number of benzene rings is 1. The highest BCUT2D eigenvalue weighted by molar-refractivity contribution is 7.99. The van der Waals surface area contributed by atoms with Crippen LogP contribution in [0.3, 0.4) is 0 Å². The molecule has 1 rings (SSSR count). The summed E-state index contributed by atoms with van der Waals surface area (Å²) in [5.74, 6) is 1.85. The van der Waals surface area contributed by atoms with Gasteiger partial charge in [-0.3, -0.25) is 0 Å². The smallest absolute Gasteiger partial charge is 0.0176 e. The molecule has 1 aromatic rings. The summed E-state index contributed by atoms with van der Waals surface area (Å²) in [6.45, 7) is 13.2.